The molecule has 1 aromatic carbocycles. The van der Waals surface area contributed by atoms with Gasteiger partial charge in [-0.05, 0) is 47.1 Å². The highest BCUT2D eigenvalue weighted by atomic mass is 79.9. The molecule has 6 heteroatoms. The number of nitrogens with one attached hydrogen (secondary N) is 1. The zero-order chi connectivity index (χ0) is 14.7. The second-order valence-corrected chi connectivity index (χ2v) is 5.25. The molecule has 2 rings (SSSR count). The van der Waals surface area contributed by atoms with Gasteiger partial charge in [0, 0.05) is 19.0 Å². The maximum Gasteiger partial charge on any atom is 0.216 e. The Morgan fingerprint density at radius 3 is 2.65 bits per heavy atom. The van der Waals surface area contributed by atoms with Crippen molar-refractivity contribution in [2.45, 2.75) is 20.4 Å². The van der Waals surface area contributed by atoms with Gasteiger partial charge in [-0.15, -0.1) is 0 Å². The predicted molar refractivity (Wildman–Crippen MR) is 78.7 cm³/mol. The van der Waals surface area contributed by atoms with Gasteiger partial charge in [0.15, 0.2) is 0 Å². The molecule has 0 aliphatic rings. The van der Waals surface area contributed by atoms with Crippen molar-refractivity contribution in [2.24, 2.45) is 0 Å². The molecule has 0 fully saturated rings. The highest BCUT2D eigenvalue weighted by Crippen LogP contribution is 2.30. The van der Waals surface area contributed by atoms with Gasteiger partial charge in [-0.2, -0.15) is 5.10 Å². The second-order valence-electron chi connectivity index (χ2n) is 4.46. The lowest BCUT2D eigenvalue weighted by Gasteiger charge is -2.08. The molecule has 1 N–H and O–H groups in total. The summed E-state index contributed by atoms with van der Waals surface area (Å²) in [5.74, 6) is -0.345. The van der Waals surface area contributed by atoms with Crippen molar-refractivity contribution in [1.82, 2.24) is 15.1 Å². The topological polar surface area (TPSA) is 46.9 Å². The van der Waals surface area contributed by atoms with Gasteiger partial charge in [0.05, 0.1) is 22.4 Å². The molecule has 1 amide bonds. The van der Waals surface area contributed by atoms with Gasteiger partial charge in [0.25, 0.3) is 0 Å². The SMILES string of the molecule is CC(=O)NCCn1nc(C)c(Br)c1-c1ccc(F)cc1. The van der Waals surface area contributed by atoms with Crippen LogP contribution in [0.3, 0.4) is 0 Å². The Balaban J connectivity index is 2.31. The first-order chi connectivity index (χ1) is 9.49. The van der Waals surface area contributed by atoms with Crippen LogP contribution in [0.15, 0.2) is 28.7 Å². The molecule has 0 saturated heterocycles. The van der Waals surface area contributed by atoms with E-state index in [9.17, 15) is 9.18 Å². The van der Waals surface area contributed by atoms with Crippen LogP contribution in [-0.4, -0.2) is 22.2 Å². The zero-order valence-corrected chi connectivity index (χ0v) is 12.9. The van der Waals surface area contributed by atoms with Gasteiger partial charge >= 0.3 is 0 Å². The third-order valence-electron chi connectivity index (χ3n) is 2.87. The fraction of sp³-hybridized carbons (Fsp3) is 0.286. The summed E-state index contributed by atoms with van der Waals surface area (Å²) < 4.78 is 15.7. The highest BCUT2D eigenvalue weighted by molar-refractivity contribution is 9.10. The van der Waals surface area contributed by atoms with E-state index in [1.807, 2.05) is 11.6 Å². The maximum absolute atomic E-state index is 13.0. The van der Waals surface area contributed by atoms with Crippen molar-refractivity contribution >= 4 is 21.8 Å². The van der Waals surface area contributed by atoms with E-state index in [-0.39, 0.29) is 11.7 Å². The minimum Gasteiger partial charge on any atom is -0.354 e. The lowest BCUT2D eigenvalue weighted by atomic mass is 10.1. The molecule has 1 aromatic heterocycles. The summed E-state index contributed by atoms with van der Waals surface area (Å²) in [5, 5.41) is 7.17. The zero-order valence-electron chi connectivity index (χ0n) is 11.3. The lowest BCUT2D eigenvalue weighted by Crippen LogP contribution is -2.25. The molecule has 0 radical (unpaired) electrons. The molecule has 0 aliphatic carbocycles. The standard InChI is InChI=1S/C14H15BrFN3O/c1-9-13(15)14(11-3-5-12(16)6-4-11)19(18-9)8-7-17-10(2)20/h3-6H,7-8H2,1-2H3,(H,17,20). The Morgan fingerprint density at radius 1 is 1.40 bits per heavy atom. The van der Waals surface area contributed by atoms with Crippen molar-refractivity contribution < 1.29 is 9.18 Å². The number of rotatable bonds is 4. The van der Waals surface area contributed by atoms with E-state index in [4.69, 9.17) is 0 Å². The average Bonchev–Trinajstić information content (AvgIpc) is 2.66. The average molecular weight is 340 g/mol. The Morgan fingerprint density at radius 2 is 2.05 bits per heavy atom. The number of aromatic nitrogens is 2. The monoisotopic (exact) mass is 339 g/mol. The van der Waals surface area contributed by atoms with E-state index >= 15 is 0 Å². The van der Waals surface area contributed by atoms with Crippen LogP contribution in [0.25, 0.3) is 11.3 Å². The number of halogens is 2. The van der Waals surface area contributed by atoms with Crippen molar-refractivity contribution in [3.05, 3.63) is 40.2 Å². The maximum atomic E-state index is 13.0. The predicted octanol–water partition coefficient (Wildman–Crippen LogP) is 2.90. The summed E-state index contributed by atoms with van der Waals surface area (Å²) in [6.07, 6.45) is 0. The Hall–Kier alpha value is -1.69. The Labute approximate surface area is 125 Å². The van der Waals surface area contributed by atoms with E-state index in [0.717, 1.165) is 21.4 Å². The van der Waals surface area contributed by atoms with E-state index in [1.165, 1.54) is 19.1 Å². The minimum absolute atomic E-state index is 0.0729. The quantitative estimate of drug-likeness (QED) is 0.930. The molecule has 0 saturated carbocycles. The first kappa shape index (κ1) is 14.7. The molecule has 0 atom stereocenters. The Kier molecular flexibility index (Phi) is 4.54. The van der Waals surface area contributed by atoms with Gasteiger partial charge in [-0.1, -0.05) is 0 Å². The van der Waals surface area contributed by atoms with Gasteiger partial charge in [-0.3, -0.25) is 9.48 Å². The molecular formula is C14H15BrFN3O. The van der Waals surface area contributed by atoms with Crippen LogP contribution >= 0.6 is 15.9 Å². The number of hydrogen-bond acceptors (Lipinski definition) is 2. The van der Waals surface area contributed by atoms with Crippen molar-refractivity contribution in [1.29, 1.82) is 0 Å². The van der Waals surface area contributed by atoms with Crippen LogP contribution < -0.4 is 5.32 Å². The summed E-state index contributed by atoms with van der Waals surface area (Å²) in [6, 6.07) is 6.27. The van der Waals surface area contributed by atoms with E-state index < -0.39 is 0 Å². The van der Waals surface area contributed by atoms with Crippen LogP contribution in [0.4, 0.5) is 4.39 Å². The highest BCUT2D eigenvalue weighted by Gasteiger charge is 2.14. The van der Waals surface area contributed by atoms with Crippen LogP contribution in [-0.2, 0) is 11.3 Å². The molecule has 4 nitrogen and oxygen atoms in total. The van der Waals surface area contributed by atoms with E-state index in [0.29, 0.717) is 13.1 Å². The number of aryl methyl sites for hydroxylation is 1. The number of hydrogen-bond donors (Lipinski definition) is 1. The van der Waals surface area contributed by atoms with Crippen LogP contribution in [0.5, 0.6) is 0 Å². The van der Waals surface area contributed by atoms with Crippen LogP contribution in [0, 0.1) is 12.7 Å². The van der Waals surface area contributed by atoms with Crippen LogP contribution in [0.1, 0.15) is 12.6 Å². The summed E-state index contributed by atoms with van der Waals surface area (Å²) in [4.78, 5) is 10.9. The van der Waals surface area contributed by atoms with Gasteiger partial charge in [-0.25, -0.2) is 4.39 Å². The second kappa shape index (κ2) is 6.17. The molecule has 0 unspecified atom stereocenters. The molecule has 0 aliphatic heterocycles. The summed E-state index contributed by atoms with van der Waals surface area (Å²) in [5.41, 5.74) is 2.61. The summed E-state index contributed by atoms with van der Waals surface area (Å²) in [6.45, 7) is 4.42. The smallest absolute Gasteiger partial charge is 0.216 e. The van der Waals surface area contributed by atoms with Crippen molar-refractivity contribution in [2.75, 3.05) is 6.54 Å². The van der Waals surface area contributed by atoms with Crippen molar-refractivity contribution in [3.8, 4) is 11.3 Å². The third kappa shape index (κ3) is 3.25. The van der Waals surface area contributed by atoms with Gasteiger partial charge < -0.3 is 5.32 Å². The van der Waals surface area contributed by atoms with E-state index in [1.54, 1.807) is 12.1 Å². The third-order valence-corrected chi connectivity index (χ3v) is 3.82. The fourth-order valence-corrected chi connectivity index (χ4v) is 2.46. The molecule has 2 aromatic rings. The molecule has 106 valence electrons. The molecule has 1 heterocycles. The van der Waals surface area contributed by atoms with Gasteiger partial charge in [0.2, 0.25) is 5.91 Å². The summed E-state index contributed by atoms with van der Waals surface area (Å²) >= 11 is 3.51. The minimum atomic E-state index is -0.272. The summed E-state index contributed by atoms with van der Waals surface area (Å²) in [7, 11) is 0. The number of carbonyl (C=O) groups excluding carboxylic acids is 1. The lowest BCUT2D eigenvalue weighted by molar-refractivity contribution is -0.118. The first-order valence-corrected chi connectivity index (χ1v) is 7.01. The molecular weight excluding hydrogens is 325 g/mol. The number of benzene rings is 1. The van der Waals surface area contributed by atoms with Gasteiger partial charge in [0.1, 0.15) is 5.82 Å². The number of carbonyl (C=O) groups is 1. The fourth-order valence-electron chi connectivity index (χ4n) is 1.94. The molecule has 0 bridgehead atoms. The van der Waals surface area contributed by atoms with Crippen LogP contribution in [0.2, 0.25) is 0 Å². The largest absolute Gasteiger partial charge is 0.354 e. The van der Waals surface area contributed by atoms with E-state index in [2.05, 4.69) is 26.3 Å². The number of nitrogens with zero attached hydrogens (tertiary/aromatic N) is 2. The number of amides is 1. The molecule has 20 heavy (non-hydrogen) atoms. The normalized spacial score (nSPS) is 10.6. The first-order valence-electron chi connectivity index (χ1n) is 6.22. The van der Waals surface area contributed by atoms with Crippen molar-refractivity contribution in [3.63, 3.8) is 0 Å². The molecule has 0 spiro atoms. The Bertz CT molecular complexity index is 622.